The van der Waals surface area contributed by atoms with Gasteiger partial charge in [0.05, 0.1) is 0 Å². The second-order valence-corrected chi connectivity index (χ2v) is 22.1. The van der Waals surface area contributed by atoms with Gasteiger partial charge in [-0.2, -0.15) is 9.97 Å². The second kappa shape index (κ2) is 22.6. The predicted octanol–water partition coefficient (Wildman–Crippen LogP) is 12.9. The SMILES string of the molecule is CC(C)(C)c1ccc(-c2nc(-c3ccc(C=O)cc3)nc(-c3ccc(C(C)(C)C)cc3)n2)cc1.CC(C)(C)c1ccc(-c2nc(Cl)nc(-c3ccc(C(C)(C)C)cc3)n2)cc1.O=Cc1ccc(B(O)O)cc1. The molecule has 0 aliphatic rings. The van der Waals surface area contributed by atoms with Crippen LogP contribution in [0.15, 0.2) is 146 Å². The maximum absolute atomic E-state index is 11.1. The molecule has 8 rings (SSSR count). The molecule has 2 heterocycles. The fourth-order valence-corrected chi connectivity index (χ4v) is 7.47. The number of hydrogen-bond donors (Lipinski definition) is 2. The van der Waals surface area contributed by atoms with Crippen molar-refractivity contribution in [2.45, 2.75) is 105 Å². The molecule has 0 atom stereocenters. The zero-order valence-electron chi connectivity index (χ0n) is 43.4. The molecule has 0 unspecified atom stereocenters. The van der Waals surface area contributed by atoms with E-state index in [-0.39, 0.29) is 26.9 Å². The van der Waals surface area contributed by atoms with Crippen LogP contribution in [0, 0.1) is 0 Å². The topological polar surface area (TPSA) is 152 Å². The highest BCUT2D eigenvalue weighted by molar-refractivity contribution is 6.58. The summed E-state index contributed by atoms with van der Waals surface area (Å²) in [5, 5.41) is 17.5. The van der Waals surface area contributed by atoms with Gasteiger partial charge in [0.25, 0.3) is 0 Å². The van der Waals surface area contributed by atoms with Crippen molar-refractivity contribution in [1.82, 2.24) is 29.9 Å². The van der Waals surface area contributed by atoms with Gasteiger partial charge in [-0.25, -0.2) is 19.9 Å². The second-order valence-electron chi connectivity index (χ2n) is 21.8. The molecule has 0 spiro atoms. The molecule has 0 aliphatic carbocycles. The number of halogens is 1. The van der Waals surface area contributed by atoms with Crippen LogP contribution in [0.1, 0.15) is 126 Å². The largest absolute Gasteiger partial charge is 0.488 e. The number of rotatable bonds is 8. The summed E-state index contributed by atoms with van der Waals surface area (Å²) in [5.41, 5.74) is 11.5. The van der Waals surface area contributed by atoms with Crippen LogP contribution in [-0.4, -0.2) is 59.6 Å². The third kappa shape index (κ3) is 14.5. The van der Waals surface area contributed by atoms with E-state index in [4.69, 9.17) is 36.6 Å². The Kier molecular flexibility index (Phi) is 17.0. The first-order valence-corrected chi connectivity index (χ1v) is 24.3. The number of carbonyl (C=O) groups is 2. The molecule has 8 aromatic rings. The Hall–Kier alpha value is -7.05. The molecular weight excluding hydrogens is 915 g/mol. The Morgan fingerprint density at radius 3 is 0.764 bits per heavy atom. The summed E-state index contributed by atoms with van der Waals surface area (Å²) < 4.78 is 0. The van der Waals surface area contributed by atoms with Crippen LogP contribution < -0.4 is 5.46 Å². The number of benzene rings is 6. The summed E-state index contributed by atoms with van der Waals surface area (Å²) in [6.07, 6.45) is 1.54. The van der Waals surface area contributed by atoms with E-state index in [1.165, 1.54) is 46.5 Å². The molecule has 0 saturated heterocycles. The van der Waals surface area contributed by atoms with Gasteiger partial charge in [-0.3, -0.25) is 9.59 Å². The van der Waals surface area contributed by atoms with E-state index in [1.807, 2.05) is 36.4 Å². The molecule has 2 aromatic heterocycles. The average molecular weight is 979 g/mol. The number of aromatic nitrogens is 6. The first-order valence-electron chi connectivity index (χ1n) is 23.9. The minimum absolute atomic E-state index is 0.0725. The monoisotopic (exact) mass is 978 g/mol. The molecule has 6 aromatic carbocycles. The number of hydrogen-bond acceptors (Lipinski definition) is 10. The van der Waals surface area contributed by atoms with Gasteiger partial charge in [-0.1, -0.05) is 229 Å². The Balaban J connectivity index is 0.000000198. The minimum Gasteiger partial charge on any atom is -0.423 e. The van der Waals surface area contributed by atoms with Crippen molar-refractivity contribution in [3.8, 4) is 56.9 Å². The lowest BCUT2D eigenvalue weighted by Gasteiger charge is -2.19. The van der Waals surface area contributed by atoms with Gasteiger partial charge in [0.2, 0.25) is 5.28 Å². The van der Waals surface area contributed by atoms with E-state index in [0.717, 1.165) is 34.1 Å². The van der Waals surface area contributed by atoms with E-state index in [0.29, 0.717) is 52.0 Å². The van der Waals surface area contributed by atoms with Crippen LogP contribution in [0.3, 0.4) is 0 Å². The lowest BCUT2D eigenvalue weighted by Crippen LogP contribution is -2.29. The van der Waals surface area contributed by atoms with Crippen LogP contribution >= 0.6 is 11.6 Å². The summed E-state index contributed by atoms with van der Waals surface area (Å²) in [4.78, 5) is 49.0. The number of carbonyl (C=O) groups excluding carboxylic acids is 2. The van der Waals surface area contributed by atoms with Crippen molar-refractivity contribution >= 4 is 36.8 Å². The van der Waals surface area contributed by atoms with Gasteiger partial charge in [-0.15, -0.1) is 0 Å². The molecular formula is C60H64BClN6O4. The predicted molar refractivity (Wildman–Crippen MR) is 294 cm³/mol. The molecule has 0 saturated carbocycles. The Bertz CT molecular complexity index is 2930. The quantitative estimate of drug-likeness (QED) is 0.111. The highest BCUT2D eigenvalue weighted by Crippen LogP contribution is 2.31. The molecule has 10 nitrogen and oxygen atoms in total. The molecule has 0 amide bonds. The van der Waals surface area contributed by atoms with Crippen LogP contribution in [0.5, 0.6) is 0 Å². The zero-order chi connectivity index (χ0) is 52.6. The van der Waals surface area contributed by atoms with Crippen molar-refractivity contribution < 1.29 is 19.6 Å². The zero-order valence-corrected chi connectivity index (χ0v) is 44.1. The smallest absolute Gasteiger partial charge is 0.423 e. The fraction of sp³-hybridized carbons (Fsp3) is 0.267. The maximum Gasteiger partial charge on any atom is 0.488 e. The lowest BCUT2D eigenvalue weighted by molar-refractivity contribution is 0.111. The molecule has 0 aliphatic heterocycles. The van der Waals surface area contributed by atoms with Crippen LogP contribution in [0.25, 0.3) is 56.9 Å². The van der Waals surface area contributed by atoms with Gasteiger partial charge in [0.15, 0.2) is 29.1 Å². The van der Waals surface area contributed by atoms with E-state index in [1.54, 1.807) is 12.1 Å². The minimum atomic E-state index is -1.46. The summed E-state index contributed by atoms with van der Waals surface area (Å²) in [6.45, 7) is 26.4. The van der Waals surface area contributed by atoms with E-state index < -0.39 is 7.12 Å². The van der Waals surface area contributed by atoms with Crippen molar-refractivity contribution in [3.05, 3.63) is 184 Å². The van der Waals surface area contributed by atoms with E-state index >= 15 is 0 Å². The fourth-order valence-electron chi connectivity index (χ4n) is 7.31. The van der Waals surface area contributed by atoms with Gasteiger partial charge in [0, 0.05) is 38.9 Å². The van der Waals surface area contributed by atoms with E-state index in [2.05, 4.69) is 171 Å². The van der Waals surface area contributed by atoms with Gasteiger partial charge >= 0.3 is 7.12 Å². The highest BCUT2D eigenvalue weighted by atomic mass is 35.5. The standard InChI is InChI=1S/C30H31N3O.C23H26ClN3.C7H7BO3/c1-29(2,3)24-15-11-22(12-16-24)27-31-26(21-9-7-20(19-34)8-10-21)32-28(33-27)23-13-17-25(18-14-23)30(4,5)6;1-22(2,3)17-11-7-15(8-12-17)19-25-20(27-21(24)26-19)16-9-13-18(14-10-16)23(4,5)6;9-5-6-1-3-7(4-2-6)8(10)11/h7-19H,1-6H3;7-14H,1-6H3;1-5,10-11H. The lowest BCUT2D eigenvalue weighted by atomic mass is 9.80. The van der Waals surface area contributed by atoms with Crippen molar-refractivity contribution in [2.24, 2.45) is 0 Å². The number of nitrogens with zero attached hydrogens (tertiary/aromatic N) is 6. The molecule has 72 heavy (non-hydrogen) atoms. The molecule has 2 N–H and O–H groups in total. The number of aldehydes is 2. The normalized spacial score (nSPS) is 11.7. The van der Waals surface area contributed by atoms with Crippen LogP contribution in [-0.2, 0) is 21.7 Å². The summed E-state index contributed by atoms with van der Waals surface area (Å²) in [5.74, 6) is 3.01. The van der Waals surface area contributed by atoms with E-state index in [9.17, 15) is 9.59 Å². The van der Waals surface area contributed by atoms with Crippen molar-refractivity contribution in [1.29, 1.82) is 0 Å². The maximum atomic E-state index is 11.1. The molecule has 0 bridgehead atoms. The van der Waals surface area contributed by atoms with Crippen molar-refractivity contribution in [2.75, 3.05) is 0 Å². The summed E-state index contributed by atoms with van der Waals surface area (Å²) in [6, 6.07) is 46.8. The molecule has 0 radical (unpaired) electrons. The summed E-state index contributed by atoms with van der Waals surface area (Å²) in [7, 11) is -1.46. The molecule has 12 heteroatoms. The van der Waals surface area contributed by atoms with Gasteiger partial charge < -0.3 is 10.0 Å². The Morgan fingerprint density at radius 2 is 0.556 bits per heavy atom. The van der Waals surface area contributed by atoms with Gasteiger partial charge in [0.1, 0.15) is 12.6 Å². The first-order chi connectivity index (χ1) is 33.8. The average Bonchev–Trinajstić information content (AvgIpc) is 3.35. The van der Waals surface area contributed by atoms with Crippen LogP contribution in [0.4, 0.5) is 0 Å². The Labute approximate surface area is 430 Å². The van der Waals surface area contributed by atoms with Crippen molar-refractivity contribution in [3.63, 3.8) is 0 Å². The highest BCUT2D eigenvalue weighted by Gasteiger charge is 2.19. The first kappa shape index (κ1) is 54.3. The van der Waals surface area contributed by atoms with Crippen LogP contribution in [0.2, 0.25) is 5.28 Å². The molecule has 0 fully saturated rings. The third-order valence-corrected chi connectivity index (χ3v) is 12.1. The molecule has 368 valence electrons. The van der Waals surface area contributed by atoms with Gasteiger partial charge in [-0.05, 0) is 61.0 Å². The third-order valence-electron chi connectivity index (χ3n) is 12.0. The summed E-state index contributed by atoms with van der Waals surface area (Å²) >= 11 is 6.20. The Morgan fingerprint density at radius 1 is 0.347 bits per heavy atom.